The van der Waals surface area contributed by atoms with Crippen LogP contribution in [-0.4, -0.2) is 46.9 Å². The van der Waals surface area contributed by atoms with Gasteiger partial charge in [0.15, 0.2) is 0 Å². The van der Waals surface area contributed by atoms with Crippen molar-refractivity contribution in [3.8, 4) is 0 Å². The summed E-state index contributed by atoms with van der Waals surface area (Å²) >= 11 is 0. The zero-order valence-corrected chi connectivity index (χ0v) is 13.5. The van der Waals surface area contributed by atoms with Crippen LogP contribution in [0.15, 0.2) is 30.3 Å². The molecule has 22 heavy (non-hydrogen) atoms. The van der Waals surface area contributed by atoms with Crippen LogP contribution in [0.3, 0.4) is 0 Å². The smallest absolute Gasteiger partial charge is 0.222 e. The first kappa shape index (κ1) is 15.1. The molecule has 1 amide bonds. The Bertz CT molecular complexity index is 606. The van der Waals surface area contributed by atoms with Crippen molar-refractivity contribution in [2.75, 3.05) is 26.2 Å². The Labute approximate surface area is 132 Å². The average molecular weight is 299 g/mol. The molecular formula is C18H25N3O. The number of H-pyrrole nitrogens is 1. The topological polar surface area (TPSA) is 39.3 Å². The van der Waals surface area contributed by atoms with Crippen LogP contribution in [-0.2, 0) is 11.3 Å². The predicted molar refractivity (Wildman–Crippen MR) is 89.6 cm³/mol. The van der Waals surface area contributed by atoms with Crippen LogP contribution >= 0.6 is 0 Å². The third kappa shape index (κ3) is 3.50. The summed E-state index contributed by atoms with van der Waals surface area (Å²) in [6.07, 6.45) is 0.669. The number of aromatic nitrogens is 1. The highest BCUT2D eigenvalue weighted by Crippen LogP contribution is 2.17. The van der Waals surface area contributed by atoms with Crippen LogP contribution in [0.2, 0.25) is 0 Å². The minimum Gasteiger partial charge on any atom is -0.357 e. The van der Waals surface area contributed by atoms with Crippen molar-refractivity contribution in [2.45, 2.75) is 26.8 Å². The van der Waals surface area contributed by atoms with Gasteiger partial charge in [-0.25, -0.2) is 0 Å². The van der Waals surface area contributed by atoms with Crippen molar-refractivity contribution in [3.05, 3.63) is 36.0 Å². The van der Waals surface area contributed by atoms with E-state index >= 15 is 0 Å². The highest BCUT2D eigenvalue weighted by molar-refractivity contribution is 5.80. The third-order valence-electron chi connectivity index (χ3n) is 4.29. The number of hydrogen-bond donors (Lipinski definition) is 1. The maximum atomic E-state index is 12.1. The second-order valence-corrected chi connectivity index (χ2v) is 6.64. The number of rotatable bonds is 4. The van der Waals surface area contributed by atoms with E-state index in [4.69, 9.17) is 0 Å². The van der Waals surface area contributed by atoms with E-state index in [1.807, 2.05) is 4.90 Å². The average Bonchev–Trinajstić information content (AvgIpc) is 2.89. The largest absolute Gasteiger partial charge is 0.357 e. The molecule has 1 aliphatic heterocycles. The second-order valence-electron chi connectivity index (χ2n) is 6.64. The van der Waals surface area contributed by atoms with Crippen LogP contribution in [0.5, 0.6) is 0 Å². The number of amides is 1. The van der Waals surface area contributed by atoms with Crippen LogP contribution < -0.4 is 0 Å². The molecule has 1 N–H and O–H groups in total. The third-order valence-corrected chi connectivity index (χ3v) is 4.29. The summed E-state index contributed by atoms with van der Waals surface area (Å²) in [7, 11) is 0. The first-order chi connectivity index (χ1) is 10.6. The molecule has 0 unspecified atom stereocenters. The van der Waals surface area contributed by atoms with Crippen LogP contribution in [0, 0.1) is 5.92 Å². The van der Waals surface area contributed by atoms with Gasteiger partial charge in [-0.3, -0.25) is 9.69 Å². The Morgan fingerprint density at radius 2 is 1.91 bits per heavy atom. The molecule has 118 valence electrons. The highest BCUT2D eigenvalue weighted by atomic mass is 16.2. The molecule has 1 aliphatic rings. The van der Waals surface area contributed by atoms with Gasteiger partial charge in [-0.15, -0.1) is 0 Å². The zero-order valence-electron chi connectivity index (χ0n) is 13.5. The van der Waals surface area contributed by atoms with Gasteiger partial charge >= 0.3 is 0 Å². The van der Waals surface area contributed by atoms with Gasteiger partial charge < -0.3 is 9.88 Å². The van der Waals surface area contributed by atoms with Gasteiger partial charge in [0.05, 0.1) is 0 Å². The molecule has 0 bridgehead atoms. The van der Waals surface area contributed by atoms with Gasteiger partial charge in [0, 0.05) is 50.4 Å². The SMILES string of the molecule is CC(C)CC(=O)N1CCN(Cc2cc3ccccc3[nH]2)CC1. The number of fused-ring (bicyclic) bond motifs is 1. The number of carbonyl (C=O) groups is 1. The van der Waals surface area contributed by atoms with Crippen molar-refractivity contribution in [1.82, 2.24) is 14.8 Å². The summed E-state index contributed by atoms with van der Waals surface area (Å²) in [5.74, 6) is 0.747. The summed E-state index contributed by atoms with van der Waals surface area (Å²) in [6, 6.07) is 10.6. The van der Waals surface area contributed by atoms with Crippen molar-refractivity contribution in [1.29, 1.82) is 0 Å². The van der Waals surface area contributed by atoms with Gasteiger partial charge in [-0.1, -0.05) is 32.0 Å². The standard InChI is InChI=1S/C18H25N3O/c1-14(2)11-18(22)21-9-7-20(8-10-21)13-16-12-15-5-3-4-6-17(15)19-16/h3-6,12,14,19H,7-11,13H2,1-2H3. The lowest BCUT2D eigenvalue weighted by Crippen LogP contribution is -2.48. The van der Waals surface area contributed by atoms with Crippen LogP contribution in [0.1, 0.15) is 26.0 Å². The number of aromatic amines is 1. The maximum Gasteiger partial charge on any atom is 0.222 e. The lowest BCUT2D eigenvalue weighted by Gasteiger charge is -2.34. The molecule has 0 atom stereocenters. The molecule has 2 heterocycles. The molecule has 4 nitrogen and oxygen atoms in total. The second kappa shape index (κ2) is 6.53. The van der Waals surface area contributed by atoms with Gasteiger partial charge in [0.2, 0.25) is 5.91 Å². The van der Waals surface area contributed by atoms with Gasteiger partial charge in [-0.2, -0.15) is 0 Å². The normalized spacial score (nSPS) is 16.6. The molecule has 0 saturated carbocycles. The lowest BCUT2D eigenvalue weighted by molar-refractivity contribution is -0.133. The number of carbonyl (C=O) groups excluding carboxylic acids is 1. The van der Waals surface area contributed by atoms with Crippen molar-refractivity contribution in [2.24, 2.45) is 5.92 Å². The lowest BCUT2D eigenvalue weighted by atomic mass is 10.1. The number of hydrogen-bond acceptors (Lipinski definition) is 2. The van der Waals surface area contributed by atoms with Crippen molar-refractivity contribution >= 4 is 16.8 Å². The van der Waals surface area contributed by atoms with E-state index in [1.165, 1.54) is 16.6 Å². The van der Waals surface area contributed by atoms with E-state index in [-0.39, 0.29) is 0 Å². The Kier molecular flexibility index (Phi) is 4.48. The molecule has 4 heteroatoms. The Morgan fingerprint density at radius 1 is 1.18 bits per heavy atom. The minimum atomic E-state index is 0.306. The molecule has 1 aromatic heterocycles. The monoisotopic (exact) mass is 299 g/mol. The Balaban J connectivity index is 1.54. The van der Waals surface area contributed by atoms with E-state index in [2.05, 4.69) is 54.1 Å². The molecule has 1 fully saturated rings. The molecule has 0 spiro atoms. The number of benzene rings is 1. The fraction of sp³-hybridized carbons (Fsp3) is 0.500. The first-order valence-corrected chi connectivity index (χ1v) is 8.18. The minimum absolute atomic E-state index is 0.306. The maximum absolute atomic E-state index is 12.1. The van der Waals surface area contributed by atoms with Crippen molar-refractivity contribution in [3.63, 3.8) is 0 Å². The zero-order chi connectivity index (χ0) is 15.5. The van der Waals surface area contributed by atoms with E-state index in [1.54, 1.807) is 0 Å². The number of para-hydroxylation sites is 1. The highest BCUT2D eigenvalue weighted by Gasteiger charge is 2.21. The van der Waals surface area contributed by atoms with E-state index in [0.29, 0.717) is 18.2 Å². The van der Waals surface area contributed by atoms with E-state index < -0.39 is 0 Å². The summed E-state index contributed by atoms with van der Waals surface area (Å²) in [5.41, 5.74) is 2.45. The van der Waals surface area contributed by atoms with Gasteiger partial charge in [-0.05, 0) is 23.4 Å². The molecule has 0 radical (unpaired) electrons. The summed E-state index contributed by atoms with van der Waals surface area (Å²) in [6.45, 7) is 8.75. The molecule has 2 aromatic rings. The summed E-state index contributed by atoms with van der Waals surface area (Å²) in [4.78, 5) is 20.0. The van der Waals surface area contributed by atoms with Crippen LogP contribution in [0.25, 0.3) is 10.9 Å². The Hall–Kier alpha value is -1.81. The number of nitrogens with one attached hydrogen (secondary N) is 1. The first-order valence-electron chi connectivity index (χ1n) is 8.18. The van der Waals surface area contributed by atoms with E-state index in [0.717, 1.165) is 32.7 Å². The summed E-state index contributed by atoms with van der Waals surface area (Å²) in [5, 5.41) is 1.27. The van der Waals surface area contributed by atoms with E-state index in [9.17, 15) is 4.79 Å². The fourth-order valence-corrected chi connectivity index (χ4v) is 3.09. The quantitative estimate of drug-likeness (QED) is 0.943. The fourth-order valence-electron chi connectivity index (χ4n) is 3.09. The molecule has 1 saturated heterocycles. The van der Waals surface area contributed by atoms with Gasteiger partial charge in [0.1, 0.15) is 0 Å². The van der Waals surface area contributed by atoms with Crippen LogP contribution in [0.4, 0.5) is 0 Å². The predicted octanol–water partition coefficient (Wildman–Crippen LogP) is 2.86. The molecule has 3 rings (SSSR count). The summed E-state index contributed by atoms with van der Waals surface area (Å²) < 4.78 is 0. The number of piperazine rings is 1. The Morgan fingerprint density at radius 3 is 2.59 bits per heavy atom. The number of nitrogens with zero attached hydrogens (tertiary/aromatic N) is 2. The molecule has 0 aliphatic carbocycles. The molecule has 1 aromatic carbocycles. The van der Waals surface area contributed by atoms with Crippen molar-refractivity contribution < 1.29 is 4.79 Å². The molecular weight excluding hydrogens is 274 g/mol. The van der Waals surface area contributed by atoms with Gasteiger partial charge in [0.25, 0.3) is 0 Å².